The molecule has 0 heterocycles. The van der Waals surface area contributed by atoms with Crippen molar-refractivity contribution >= 4 is 5.97 Å². The van der Waals surface area contributed by atoms with Crippen molar-refractivity contribution in [2.24, 2.45) is 0 Å². The number of terminal acetylenes is 1. The summed E-state index contributed by atoms with van der Waals surface area (Å²) in [5.74, 6) is 1.76. The molecule has 2 N–H and O–H groups in total. The summed E-state index contributed by atoms with van der Waals surface area (Å²) in [5, 5.41) is 12.0. The maximum Gasteiger partial charge on any atom is 0.320 e. The fraction of sp³-hybridized carbons (Fsp3) is 0.727. The van der Waals surface area contributed by atoms with Crippen molar-refractivity contribution in [3.8, 4) is 12.3 Å². The molecule has 14 heavy (non-hydrogen) atoms. The maximum absolute atomic E-state index is 10.8. The van der Waals surface area contributed by atoms with E-state index in [1.54, 1.807) is 0 Å². The SMILES string of the molecule is C#CCC(CC)NC(CCC)C(=O)O. The number of carbonyl (C=O) groups is 1. The van der Waals surface area contributed by atoms with E-state index in [-0.39, 0.29) is 6.04 Å². The third-order valence-electron chi connectivity index (χ3n) is 2.17. The molecule has 0 rings (SSSR count). The summed E-state index contributed by atoms with van der Waals surface area (Å²) < 4.78 is 0. The monoisotopic (exact) mass is 197 g/mol. The van der Waals surface area contributed by atoms with Gasteiger partial charge in [-0.1, -0.05) is 20.3 Å². The zero-order chi connectivity index (χ0) is 11.0. The lowest BCUT2D eigenvalue weighted by Gasteiger charge is -2.20. The van der Waals surface area contributed by atoms with Gasteiger partial charge in [-0.3, -0.25) is 4.79 Å². The van der Waals surface area contributed by atoms with Gasteiger partial charge in [0.25, 0.3) is 0 Å². The second kappa shape index (κ2) is 7.40. The molecule has 0 aromatic heterocycles. The van der Waals surface area contributed by atoms with Gasteiger partial charge >= 0.3 is 5.97 Å². The van der Waals surface area contributed by atoms with E-state index in [4.69, 9.17) is 11.5 Å². The van der Waals surface area contributed by atoms with Crippen LogP contribution in [0, 0.1) is 12.3 Å². The summed E-state index contributed by atoms with van der Waals surface area (Å²) in [4.78, 5) is 10.8. The molecule has 0 aromatic carbocycles. The average Bonchev–Trinajstić information content (AvgIpc) is 2.15. The molecule has 0 radical (unpaired) electrons. The second-order valence-electron chi connectivity index (χ2n) is 3.36. The van der Waals surface area contributed by atoms with Gasteiger partial charge in [0.15, 0.2) is 0 Å². The van der Waals surface area contributed by atoms with Crippen molar-refractivity contribution in [3.63, 3.8) is 0 Å². The molecule has 2 atom stereocenters. The van der Waals surface area contributed by atoms with Gasteiger partial charge in [0, 0.05) is 12.5 Å². The minimum Gasteiger partial charge on any atom is -0.480 e. The van der Waals surface area contributed by atoms with Crippen LogP contribution in [0.1, 0.15) is 39.5 Å². The Balaban J connectivity index is 4.12. The van der Waals surface area contributed by atoms with Crippen molar-refractivity contribution in [2.75, 3.05) is 0 Å². The third kappa shape index (κ3) is 4.88. The highest BCUT2D eigenvalue weighted by Crippen LogP contribution is 2.03. The first-order valence-electron chi connectivity index (χ1n) is 5.07. The maximum atomic E-state index is 10.8. The largest absolute Gasteiger partial charge is 0.480 e. The fourth-order valence-corrected chi connectivity index (χ4v) is 1.31. The molecule has 0 bridgehead atoms. The lowest BCUT2D eigenvalue weighted by atomic mass is 10.1. The van der Waals surface area contributed by atoms with Crippen LogP contribution in [0.25, 0.3) is 0 Å². The Morgan fingerprint density at radius 2 is 2.21 bits per heavy atom. The molecule has 80 valence electrons. The topological polar surface area (TPSA) is 49.3 Å². The van der Waals surface area contributed by atoms with Crippen LogP contribution in [0.3, 0.4) is 0 Å². The lowest BCUT2D eigenvalue weighted by molar-refractivity contribution is -0.139. The molecule has 0 fully saturated rings. The Kier molecular flexibility index (Phi) is 6.87. The molecule has 3 heteroatoms. The zero-order valence-corrected chi connectivity index (χ0v) is 8.92. The minimum atomic E-state index is -0.790. The van der Waals surface area contributed by atoms with Crippen molar-refractivity contribution in [3.05, 3.63) is 0 Å². The van der Waals surface area contributed by atoms with Gasteiger partial charge < -0.3 is 10.4 Å². The normalized spacial score (nSPS) is 14.4. The minimum absolute atomic E-state index is 0.118. The van der Waals surface area contributed by atoms with E-state index in [0.29, 0.717) is 12.8 Å². The Hall–Kier alpha value is -1.01. The van der Waals surface area contributed by atoms with Crippen molar-refractivity contribution in [1.82, 2.24) is 5.32 Å². The Morgan fingerprint density at radius 3 is 2.57 bits per heavy atom. The molecule has 0 saturated carbocycles. The number of carboxylic acid groups (broad SMARTS) is 1. The Labute approximate surface area is 85.9 Å². The predicted octanol–water partition coefficient (Wildman–Crippen LogP) is 1.63. The number of carboxylic acids is 1. The second-order valence-corrected chi connectivity index (χ2v) is 3.36. The van der Waals surface area contributed by atoms with E-state index < -0.39 is 12.0 Å². The summed E-state index contributed by atoms with van der Waals surface area (Å²) in [6.07, 6.45) is 8.15. The number of hydrogen-bond acceptors (Lipinski definition) is 2. The van der Waals surface area contributed by atoms with Gasteiger partial charge in [0.05, 0.1) is 0 Å². The van der Waals surface area contributed by atoms with E-state index in [0.717, 1.165) is 12.8 Å². The highest BCUT2D eigenvalue weighted by atomic mass is 16.4. The molecule has 0 amide bonds. The van der Waals surface area contributed by atoms with Crippen LogP contribution in [0.4, 0.5) is 0 Å². The molecule has 0 aliphatic rings. The molecule has 3 nitrogen and oxygen atoms in total. The van der Waals surface area contributed by atoms with Crippen LogP contribution < -0.4 is 5.32 Å². The van der Waals surface area contributed by atoms with Crippen LogP contribution >= 0.6 is 0 Å². The average molecular weight is 197 g/mol. The van der Waals surface area contributed by atoms with Gasteiger partial charge in [0.2, 0.25) is 0 Å². The van der Waals surface area contributed by atoms with Crippen LogP contribution in [0.5, 0.6) is 0 Å². The summed E-state index contributed by atoms with van der Waals surface area (Å²) in [6.45, 7) is 3.97. The first kappa shape index (κ1) is 13.0. The van der Waals surface area contributed by atoms with Crippen LogP contribution in [0.15, 0.2) is 0 Å². The zero-order valence-electron chi connectivity index (χ0n) is 8.92. The van der Waals surface area contributed by atoms with Crippen LogP contribution in [-0.2, 0) is 4.79 Å². The smallest absolute Gasteiger partial charge is 0.320 e. The van der Waals surface area contributed by atoms with Crippen molar-refractivity contribution in [1.29, 1.82) is 0 Å². The van der Waals surface area contributed by atoms with E-state index >= 15 is 0 Å². The van der Waals surface area contributed by atoms with Gasteiger partial charge in [0.1, 0.15) is 6.04 Å². The van der Waals surface area contributed by atoms with Crippen molar-refractivity contribution < 1.29 is 9.90 Å². The number of aliphatic carboxylic acids is 1. The quantitative estimate of drug-likeness (QED) is 0.610. The highest BCUT2D eigenvalue weighted by molar-refractivity contribution is 5.73. The summed E-state index contributed by atoms with van der Waals surface area (Å²) >= 11 is 0. The van der Waals surface area contributed by atoms with E-state index in [2.05, 4.69) is 11.2 Å². The number of nitrogens with one attached hydrogen (secondary N) is 1. The standard InChI is InChI=1S/C11H19NO2/c1-4-7-9(6-3)12-10(8-5-2)11(13)14/h1,9-10,12H,5-8H2,2-3H3,(H,13,14). The van der Waals surface area contributed by atoms with Crippen LogP contribution in [0.2, 0.25) is 0 Å². The number of rotatable bonds is 7. The fourth-order valence-electron chi connectivity index (χ4n) is 1.31. The first-order chi connectivity index (χ1) is 6.65. The van der Waals surface area contributed by atoms with E-state index in [9.17, 15) is 4.79 Å². The van der Waals surface area contributed by atoms with Gasteiger partial charge in [-0.25, -0.2) is 0 Å². The van der Waals surface area contributed by atoms with Crippen LogP contribution in [-0.4, -0.2) is 23.2 Å². The molecular formula is C11H19NO2. The van der Waals surface area contributed by atoms with Gasteiger partial charge in [-0.2, -0.15) is 0 Å². The van der Waals surface area contributed by atoms with Crippen molar-refractivity contribution in [2.45, 2.75) is 51.6 Å². The van der Waals surface area contributed by atoms with Gasteiger partial charge in [-0.15, -0.1) is 12.3 Å². The summed E-state index contributed by atoms with van der Waals surface area (Å²) in [5.41, 5.74) is 0. The summed E-state index contributed by atoms with van der Waals surface area (Å²) in [7, 11) is 0. The van der Waals surface area contributed by atoms with E-state index in [1.165, 1.54) is 0 Å². The molecule has 0 aliphatic heterocycles. The molecular weight excluding hydrogens is 178 g/mol. The third-order valence-corrected chi connectivity index (χ3v) is 2.17. The lowest BCUT2D eigenvalue weighted by Crippen LogP contribution is -2.42. The Bertz CT molecular complexity index is 208. The Morgan fingerprint density at radius 1 is 1.57 bits per heavy atom. The molecule has 0 saturated heterocycles. The molecule has 0 aromatic rings. The molecule has 0 aliphatic carbocycles. The van der Waals surface area contributed by atoms with E-state index in [1.807, 2.05) is 13.8 Å². The highest BCUT2D eigenvalue weighted by Gasteiger charge is 2.18. The van der Waals surface area contributed by atoms with Gasteiger partial charge in [-0.05, 0) is 12.8 Å². The first-order valence-corrected chi connectivity index (χ1v) is 5.07. The summed E-state index contributed by atoms with van der Waals surface area (Å²) in [6, 6.07) is -0.342. The molecule has 0 spiro atoms. The molecule has 2 unspecified atom stereocenters. The number of hydrogen-bond donors (Lipinski definition) is 2. The predicted molar refractivity (Wildman–Crippen MR) is 57.0 cm³/mol.